The summed E-state index contributed by atoms with van der Waals surface area (Å²) in [5, 5.41) is 16.2. The van der Waals surface area contributed by atoms with Gasteiger partial charge in [0.1, 0.15) is 47.7 Å². The van der Waals surface area contributed by atoms with Crippen LogP contribution in [0.15, 0.2) is 218 Å². The second-order valence-corrected chi connectivity index (χ2v) is 33.0. The average Bonchev–Trinajstić information content (AvgIpc) is 3.32. The second-order valence-electron chi connectivity index (χ2n) is 18.0. The fraction of sp³-hybridized carbons (Fsp3) is 0.100. The molecule has 6 heteroatoms. The van der Waals surface area contributed by atoms with Crippen molar-refractivity contribution in [1.29, 1.82) is 0 Å². The third-order valence-corrected chi connectivity index (χ3v) is 21.3. The summed E-state index contributed by atoms with van der Waals surface area (Å²) in [5.41, 5.74) is 1.83. The van der Waals surface area contributed by atoms with E-state index in [1.165, 1.54) is 53.0 Å². The molecule has 0 radical (unpaired) electrons. The minimum atomic E-state index is -1.32. The summed E-state index contributed by atoms with van der Waals surface area (Å²) in [7, 11) is -4.92. The monoisotopic (exact) mass is 1290 g/mol. The molecule has 0 amide bonds. The first-order chi connectivity index (χ1) is 31.0. The summed E-state index contributed by atoms with van der Waals surface area (Å²) >= 11 is 0. The van der Waals surface area contributed by atoms with Gasteiger partial charge in [-0.3, -0.25) is 11.8 Å². The number of hydrogen-bond acceptors (Lipinski definition) is 0. The van der Waals surface area contributed by atoms with Gasteiger partial charge in [-0.25, -0.2) is 0 Å². The summed E-state index contributed by atoms with van der Waals surface area (Å²) in [6.07, 6.45) is 14.8. The van der Waals surface area contributed by atoms with Crippen LogP contribution in [0.25, 0.3) is 21.5 Å². The van der Waals surface area contributed by atoms with E-state index in [1.54, 1.807) is 0 Å². The molecule has 0 aliphatic heterocycles. The van der Waals surface area contributed by atoms with Gasteiger partial charge < -0.3 is 12.8 Å². The molecule has 0 saturated carbocycles. The van der Waals surface area contributed by atoms with Crippen LogP contribution >= 0.6 is 15.8 Å². The SMILES string of the molecule is [Au+].[Au+].[C-]#Cc1cc([Si](C)(C)C)cc2ccccc12.[C-]#Cc1cc([Si](C)(C)C)cc2ccccc12.c1ccc([PH+](c2ccccc2)c2ccccc2[PH+](c2ccccc2)c2ccccc2)cc1. The van der Waals surface area contributed by atoms with Gasteiger partial charge in [-0.2, -0.15) is 0 Å². The van der Waals surface area contributed by atoms with Crippen LogP contribution in [0.1, 0.15) is 11.1 Å². The molecule has 0 N–H and O–H groups in total. The number of hydrogen-bond donors (Lipinski definition) is 0. The molecule has 0 heterocycles. The van der Waals surface area contributed by atoms with Crippen molar-refractivity contribution in [3.05, 3.63) is 242 Å². The summed E-state index contributed by atoms with van der Waals surface area (Å²) in [6, 6.07) is 78.7. The van der Waals surface area contributed by atoms with Crippen molar-refractivity contribution in [2.75, 3.05) is 0 Å². The quantitative estimate of drug-likeness (QED) is 0.0616. The smallest absolute Gasteiger partial charge is 0.366 e. The maximum absolute atomic E-state index is 7.39. The molecule has 66 heavy (non-hydrogen) atoms. The maximum atomic E-state index is 7.39. The van der Waals surface area contributed by atoms with Crippen molar-refractivity contribution < 1.29 is 44.8 Å². The Morgan fingerprint density at radius 2 is 0.591 bits per heavy atom. The molecule has 0 saturated heterocycles. The largest absolute Gasteiger partial charge is 1.00 e. The minimum Gasteiger partial charge on any atom is -0.366 e. The van der Waals surface area contributed by atoms with E-state index in [4.69, 9.17) is 12.8 Å². The standard InChI is InChI=1S/C30H24P2.2C15H15Si.2Au/c1-5-15-25(16-6-1)31(26-17-7-2-8-18-26)29-23-13-14-24-30(29)32(27-19-9-3-10-20-27)28-21-11-4-12-22-28;2*1-5-12-10-14(16(2,3)4)11-13-8-6-7-9-15(12)13;;/h1-24H;2*6-11H,2-4H3;;/q;2*-1;2*+1/p+2. The van der Waals surface area contributed by atoms with Crippen LogP contribution < -0.4 is 42.2 Å². The molecule has 9 aromatic carbocycles. The Bertz CT molecular complexity index is 2750. The van der Waals surface area contributed by atoms with Crippen molar-refractivity contribution in [3.63, 3.8) is 0 Å². The zero-order chi connectivity index (χ0) is 45.1. The molecule has 0 aliphatic rings. The van der Waals surface area contributed by atoms with E-state index < -0.39 is 32.0 Å². The van der Waals surface area contributed by atoms with Gasteiger partial charge in [0.15, 0.2) is 0 Å². The molecule has 0 atom stereocenters. The molecule has 0 nitrogen and oxygen atoms in total. The van der Waals surface area contributed by atoms with Crippen molar-refractivity contribution in [2.45, 2.75) is 39.3 Å². The summed E-state index contributed by atoms with van der Waals surface area (Å²) in [4.78, 5) is 0. The molecule has 0 fully saturated rings. The van der Waals surface area contributed by atoms with Gasteiger partial charge in [-0.1, -0.05) is 206 Å². The Balaban J connectivity index is 0.000000203. The Morgan fingerprint density at radius 3 is 0.864 bits per heavy atom. The molecule has 0 spiro atoms. The molecule has 0 aliphatic carbocycles. The first-order valence-electron chi connectivity index (χ1n) is 21.9. The fourth-order valence-corrected chi connectivity index (χ4v) is 16.3. The number of fused-ring (bicyclic) bond motifs is 2. The van der Waals surface area contributed by atoms with Crippen molar-refractivity contribution in [2.24, 2.45) is 0 Å². The zero-order valence-electron chi connectivity index (χ0n) is 38.4. The Hall–Kier alpha value is -4.61. The third kappa shape index (κ3) is 13.1. The molecular weight excluding hydrogens is 1230 g/mol. The summed E-state index contributed by atoms with van der Waals surface area (Å²) in [5.74, 6) is 5.11. The molecule has 9 aromatic rings. The van der Waals surface area contributed by atoms with E-state index in [2.05, 4.69) is 245 Å². The van der Waals surface area contributed by atoms with Gasteiger partial charge in [-0.15, -0.1) is 23.3 Å². The number of rotatable bonds is 8. The number of benzene rings is 9. The van der Waals surface area contributed by atoms with Gasteiger partial charge in [0.25, 0.3) is 0 Å². The van der Waals surface area contributed by atoms with E-state index in [0.717, 1.165) is 21.9 Å². The van der Waals surface area contributed by atoms with E-state index in [9.17, 15) is 0 Å². The van der Waals surface area contributed by atoms with Gasteiger partial charge in [0.2, 0.25) is 0 Å². The first kappa shape index (κ1) is 52.4. The molecule has 0 bridgehead atoms. The average molecular weight is 1290 g/mol. The molecule has 0 aromatic heterocycles. The van der Waals surface area contributed by atoms with Crippen LogP contribution in [0.2, 0.25) is 39.3 Å². The van der Waals surface area contributed by atoms with Crippen molar-refractivity contribution in [3.8, 4) is 11.8 Å². The van der Waals surface area contributed by atoms with Crippen LogP contribution in [-0.4, -0.2) is 16.1 Å². The van der Waals surface area contributed by atoms with Crippen molar-refractivity contribution >= 4 is 95.7 Å². The van der Waals surface area contributed by atoms with Crippen LogP contribution in [0.5, 0.6) is 0 Å². The normalized spacial score (nSPS) is 10.9. The van der Waals surface area contributed by atoms with Crippen LogP contribution in [0.3, 0.4) is 0 Å². The second kappa shape index (κ2) is 24.4. The van der Waals surface area contributed by atoms with E-state index >= 15 is 0 Å². The van der Waals surface area contributed by atoms with E-state index in [-0.39, 0.29) is 44.8 Å². The predicted octanol–water partition coefficient (Wildman–Crippen LogP) is 11.3. The fourth-order valence-electron chi connectivity index (χ4n) is 7.99. The van der Waals surface area contributed by atoms with Crippen molar-refractivity contribution in [1.82, 2.24) is 0 Å². The van der Waals surface area contributed by atoms with Crippen LogP contribution in [0, 0.1) is 24.7 Å². The van der Waals surface area contributed by atoms with Gasteiger partial charge >= 0.3 is 44.8 Å². The minimum absolute atomic E-state index is 0. The van der Waals surface area contributed by atoms with Gasteiger partial charge in [-0.05, 0) is 71.4 Å². The predicted molar refractivity (Wildman–Crippen MR) is 293 cm³/mol. The van der Waals surface area contributed by atoms with Gasteiger partial charge in [0, 0.05) is 0 Å². The zero-order valence-corrected chi connectivity index (χ0v) is 46.7. The van der Waals surface area contributed by atoms with E-state index in [1.807, 2.05) is 24.3 Å². The Kier molecular flexibility index (Phi) is 19.4. The van der Waals surface area contributed by atoms with Gasteiger partial charge in [0.05, 0.1) is 16.1 Å². The Morgan fingerprint density at radius 1 is 0.333 bits per heavy atom. The van der Waals surface area contributed by atoms with Crippen LogP contribution in [0.4, 0.5) is 0 Å². The van der Waals surface area contributed by atoms with Crippen LogP contribution in [-0.2, 0) is 44.8 Å². The molecule has 9 rings (SSSR count). The Labute approximate surface area is 430 Å². The van der Waals surface area contributed by atoms with E-state index in [0.29, 0.717) is 0 Å². The summed E-state index contributed by atoms with van der Waals surface area (Å²) in [6.45, 7) is 13.9. The molecular formula is C60H56Au2P2Si2+2. The molecule has 0 unspecified atom stereocenters. The first-order valence-corrected chi connectivity index (χ1v) is 31.9. The topological polar surface area (TPSA) is 0 Å². The maximum Gasteiger partial charge on any atom is 1.00 e. The summed E-state index contributed by atoms with van der Waals surface area (Å²) < 4.78 is 0. The third-order valence-electron chi connectivity index (χ3n) is 11.4. The molecule has 334 valence electrons.